The van der Waals surface area contributed by atoms with E-state index in [2.05, 4.69) is 4.74 Å². The smallest absolute Gasteiger partial charge is 0.410 e. The molecule has 1 saturated heterocycles. The van der Waals surface area contributed by atoms with Gasteiger partial charge in [-0.15, -0.1) is 0 Å². The quantitative estimate of drug-likeness (QED) is 0.842. The average molecular weight is 307 g/mol. The van der Waals surface area contributed by atoms with Gasteiger partial charge in [0, 0.05) is 6.54 Å². The predicted octanol–water partition coefficient (Wildman–Crippen LogP) is 1.27. The number of amides is 1. The number of benzene rings is 1. The number of carboxylic acid groups (broad SMARTS) is 1. The number of carboxylic acids is 1. The lowest BCUT2D eigenvalue weighted by molar-refractivity contribution is -0.145. The molecule has 1 heterocycles. The molecule has 7 nitrogen and oxygen atoms in total. The van der Waals surface area contributed by atoms with Crippen LogP contribution in [-0.2, 0) is 25.7 Å². The van der Waals surface area contributed by atoms with Crippen LogP contribution in [0.5, 0.6) is 0 Å². The maximum atomic E-state index is 12.1. The average Bonchev–Trinajstić information content (AvgIpc) is 2.98. The topological polar surface area (TPSA) is 93.1 Å². The Hall–Kier alpha value is -2.57. The van der Waals surface area contributed by atoms with Crippen LogP contribution in [0, 0.1) is 5.92 Å². The lowest BCUT2D eigenvalue weighted by atomic mass is 10.1. The summed E-state index contributed by atoms with van der Waals surface area (Å²) in [4.78, 5) is 36.0. The number of carbonyl (C=O) groups excluding carboxylic acids is 2. The fourth-order valence-electron chi connectivity index (χ4n) is 2.38. The van der Waals surface area contributed by atoms with E-state index in [4.69, 9.17) is 9.84 Å². The molecular weight excluding hydrogens is 290 g/mol. The molecule has 0 saturated carbocycles. The van der Waals surface area contributed by atoms with Gasteiger partial charge in [0.1, 0.15) is 12.6 Å². The van der Waals surface area contributed by atoms with E-state index in [-0.39, 0.29) is 19.6 Å². The van der Waals surface area contributed by atoms with E-state index in [1.54, 1.807) is 12.1 Å². The van der Waals surface area contributed by atoms with Crippen LogP contribution >= 0.6 is 0 Å². The van der Waals surface area contributed by atoms with Gasteiger partial charge in [-0.1, -0.05) is 30.3 Å². The van der Waals surface area contributed by atoms with Crippen LogP contribution < -0.4 is 0 Å². The van der Waals surface area contributed by atoms with Crippen LogP contribution in [0.2, 0.25) is 0 Å². The van der Waals surface area contributed by atoms with Crippen LogP contribution in [0.15, 0.2) is 30.3 Å². The molecule has 1 aromatic rings. The Bertz CT molecular complexity index is 558. The molecule has 1 amide bonds. The fraction of sp³-hybridized carbons (Fsp3) is 0.400. The van der Waals surface area contributed by atoms with Crippen molar-refractivity contribution in [2.75, 3.05) is 13.7 Å². The normalized spacial score (nSPS) is 20.5. The number of carbonyl (C=O) groups is 3. The SMILES string of the molecule is COC(=O)[C@@H]1C[C@@H](C(=O)O)CN1C(=O)OCc1ccccc1. The minimum atomic E-state index is -1.05. The Morgan fingerprint density at radius 2 is 1.95 bits per heavy atom. The Morgan fingerprint density at radius 1 is 1.27 bits per heavy atom. The van der Waals surface area contributed by atoms with Crippen LogP contribution in [-0.4, -0.2) is 47.7 Å². The molecule has 1 fully saturated rings. The molecule has 0 aromatic heterocycles. The van der Waals surface area contributed by atoms with E-state index < -0.39 is 30.0 Å². The van der Waals surface area contributed by atoms with E-state index in [0.717, 1.165) is 10.5 Å². The number of likely N-dealkylation sites (tertiary alicyclic amines) is 1. The summed E-state index contributed by atoms with van der Waals surface area (Å²) in [7, 11) is 1.20. The highest BCUT2D eigenvalue weighted by molar-refractivity contribution is 5.84. The maximum Gasteiger partial charge on any atom is 0.410 e. The van der Waals surface area contributed by atoms with Crippen LogP contribution in [0.25, 0.3) is 0 Å². The maximum absolute atomic E-state index is 12.1. The number of hydrogen-bond acceptors (Lipinski definition) is 5. The first-order valence-electron chi connectivity index (χ1n) is 6.81. The molecular formula is C15H17NO6. The minimum Gasteiger partial charge on any atom is -0.481 e. The molecule has 1 aliphatic heterocycles. The van der Waals surface area contributed by atoms with Crippen molar-refractivity contribution in [3.05, 3.63) is 35.9 Å². The molecule has 0 radical (unpaired) electrons. The zero-order valence-corrected chi connectivity index (χ0v) is 12.1. The van der Waals surface area contributed by atoms with Gasteiger partial charge in [-0.2, -0.15) is 0 Å². The predicted molar refractivity (Wildman–Crippen MR) is 74.9 cm³/mol. The second kappa shape index (κ2) is 6.93. The molecule has 2 atom stereocenters. The third-order valence-electron chi connectivity index (χ3n) is 3.56. The summed E-state index contributed by atoms with van der Waals surface area (Å²) in [5.74, 6) is -2.49. The number of rotatable bonds is 4. The molecule has 1 N–H and O–H groups in total. The molecule has 1 aromatic carbocycles. The summed E-state index contributed by atoms with van der Waals surface area (Å²) in [5, 5.41) is 9.06. The summed E-state index contributed by atoms with van der Waals surface area (Å²) in [6.07, 6.45) is -0.689. The first-order chi connectivity index (χ1) is 10.5. The van der Waals surface area contributed by atoms with Gasteiger partial charge in [0.2, 0.25) is 0 Å². The highest BCUT2D eigenvalue weighted by Crippen LogP contribution is 2.25. The minimum absolute atomic E-state index is 0.0302. The monoisotopic (exact) mass is 307 g/mol. The Labute approximate surface area is 127 Å². The van der Waals surface area contributed by atoms with Crippen molar-refractivity contribution in [3.63, 3.8) is 0 Å². The number of methoxy groups -OCH3 is 1. The lowest BCUT2D eigenvalue weighted by Crippen LogP contribution is -2.41. The molecule has 118 valence electrons. The highest BCUT2D eigenvalue weighted by atomic mass is 16.6. The molecule has 0 aliphatic carbocycles. The van der Waals surface area contributed by atoms with Crippen LogP contribution in [0.4, 0.5) is 4.79 Å². The zero-order valence-electron chi connectivity index (χ0n) is 12.1. The van der Waals surface area contributed by atoms with Crippen molar-refractivity contribution < 1.29 is 29.0 Å². The fourth-order valence-corrected chi connectivity index (χ4v) is 2.38. The van der Waals surface area contributed by atoms with Gasteiger partial charge < -0.3 is 14.6 Å². The van der Waals surface area contributed by atoms with Crippen molar-refractivity contribution in [1.82, 2.24) is 4.90 Å². The van der Waals surface area contributed by atoms with E-state index >= 15 is 0 Å². The third kappa shape index (κ3) is 3.55. The molecule has 7 heteroatoms. The van der Waals surface area contributed by atoms with Gasteiger partial charge in [-0.05, 0) is 12.0 Å². The van der Waals surface area contributed by atoms with E-state index in [0.29, 0.717) is 0 Å². The van der Waals surface area contributed by atoms with Crippen molar-refractivity contribution >= 4 is 18.0 Å². The number of nitrogens with zero attached hydrogens (tertiary/aromatic N) is 1. The number of ether oxygens (including phenoxy) is 2. The molecule has 0 bridgehead atoms. The molecule has 22 heavy (non-hydrogen) atoms. The van der Waals surface area contributed by atoms with Gasteiger partial charge >= 0.3 is 18.0 Å². The number of aliphatic carboxylic acids is 1. The van der Waals surface area contributed by atoms with Crippen molar-refractivity contribution in [3.8, 4) is 0 Å². The van der Waals surface area contributed by atoms with Crippen molar-refractivity contribution in [2.24, 2.45) is 5.92 Å². The first kappa shape index (κ1) is 15.8. The second-order valence-corrected chi connectivity index (χ2v) is 5.00. The molecule has 0 spiro atoms. The first-order valence-corrected chi connectivity index (χ1v) is 6.81. The Morgan fingerprint density at radius 3 is 2.55 bits per heavy atom. The summed E-state index contributed by atoms with van der Waals surface area (Å²) >= 11 is 0. The van der Waals surface area contributed by atoms with Gasteiger partial charge in [-0.25, -0.2) is 9.59 Å². The standard InChI is InChI=1S/C15H17NO6/c1-21-14(19)12-7-11(13(17)18)8-16(12)15(20)22-9-10-5-3-2-4-6-10/h2-6,11-12H,7-9H2,1H3,(H,17,18)/t11-,12+/m1/s1. The van der Waals surface area contributed by atoms with Gasteiger partial charge in [0.05, 0.1) is 13.0 Å². The van der Waals surface area contributed by atoms with Gasteiger partial charge in [0.25, 0.3) is 0 Å². The van der Waals surface area contributed by atoms with Crippen LogP contribution in [0.1, 0.15) is 12.0 Å². The van der Waals surface area contributed by atoms with E-state index in [9.17, 15) is 14.4 Å². The summed E-state index contributed by atoms with van der Waals surface area (Å²) in [5.41, 5.74) is 0.805. The summed E-state index contributed by atoms with van der Waals surface area (Å²) < 4.78 is 9.78. The van der Waals surface area contributed by atoms with Crippen molar-refractivity contribution in [1.29, 1.82) is 0 Å². The third-order valence-corrected chi connectivity index (χ3v) is 3.56. The lowest BCUT2D eigenvalue weighted by Gasteiger charge is -2.21. The second-order valence-electron chi connectivity index (χ2n) is 5.00. The Balaban J connectivity index is 2.02. The molecule has 2 rings (SSSR count). The zero-order chi connectivity index (χ0) is 16.1. The molecule has 1 aliphatic rings. The van der Waals surface area contributed by atoms with Crippen molar-refractivity contribution in [2.45, 2.75) is 19.1 Å². The largest absolute Gasteiger partial charge is 0.481 e. The summed E-state index contributed by atoms with van der Waals surface area (Å²) in [6.45, 7) is -0.00940. The Kier molecular flexibility index (Phi) is 4.98. The van der Waals surface area contributed by atoms with Crippen LogP contribution in [0.3, 0.4) is 0 Å². The van der Waals surface area contributed by atoms with Gasteiger partial charge in [0.15, 0.2) is 0 Å². The summed E-state index contributed by atoms with van der Waals surface area (Å²) in [6, 6.07) is 8.16. The highest BCUT2D eigenvalue weighted by Gasteiger charge is 2.43. The van der Waals surface area contributed by atoms with E-state index in [1.807, 2.05) is 18.2 Å². The molecule has 0 unspecified atom stereocenters. The van der Waals surface area contributed by atoms with E-state index in [1.165, 1.54) is 7.11 Å². The number of hydrogen-bond donors (Lipinski definition) is 1. The number of esters is 1. The van der Waals surface area contributed by atoms with Gasteiger partial charge in [-0.3, -0.25) is 9.69 Å².